The number of methoxy groups -OCH3 is 2. The van der Waals surface area contributed by atoms with Crippen molar-refractivity contribution in [2.24, 2.45) is 0 Å². The summed E-state index contributed by atoms with van der Waals surface area (Å²) in [4.78, 5) is 4.51. The van der Waals surface area contributed by atoms with E-state index in [0.29, 0.717) is 22.9 Å². The predicted octanol–water partition coefficient (Wildman–Crippen LogP) is 3.49. The molecular formula is C19H21N3O2. The highest BCUT2D eigenvalue weighted by atomic mass is 16.5. The Morgan fingerprint density at radius 3 is 2.54 bits per heavy atom. The van der Waals surface area contributed by atoms with Crippen LogP contribution >= 0.6 is 0 Å². The molecular weight excluding hydrogens is 302 g/mol. The van der Waals surface area contributed by atoms with Crippen LogP contribution in [0.2, 0.25) is 0 Å². The minimum absolute atomic E-state index is 0.308. The largest absolute Gasteiger partial charge is 0.493 e. The van der Waals surface area contributed by atoms with Crippen LogP contribution in [-0.4, -0.2) is 19.2 Å². The first-order valence-electron chi connectivity index (χ1n) is 8.13. The second-order valence-corrected chi connectivity index (χ2v) is 5.91. The number of nitriles is 1. The second kappa shape index (κ2) is 6.79. The third-order valence-corrected chi connectivity index (χ3v) is 4.54. The fourth-order valence-electron chi connectivity index (χ4n) is 3.36. The van der Waals surface area contributed by atoms with Crippen LogP contribution in [0.5, 0.6) is 11.5 Å². The summed E-state index contributed by atoms with van der Waals surface area (Å²) in [5, 5.41) is 9.63. The van der Waals surface area contributed by atoms with Crippen LogP contribution < -0.4 is 15.2 Å². The first-order chi connectivity index (χ1) is 11.7. The summed E-state index contributed by atoms with van der Waals surface area (Å²) in [6.07, 6.45) is 5.20. The maximum absolute atomic E-state index is 9.63. The van der Waals surface area contributed by atoms with Gasteiger partial charge in [-0.25, -0.2) is 4.98 Å². The molecule has 0 saturated carbocycles. The van der Waals surface area contributed by atoms with Crippen LogP contribution in [0.1, 0.15) is 36.1 Å². The molecule has 0 fully saturated rings. The standard InChI is InChI=1S/C19H21N3O2/c1-23-16-9-8-12(10-17(16)24-2)18-13-6-4-3-5-7-15(13)22-19(21)14(18)11-20/h8-10H,3-7H2,1-2H3,(H2,21,22). The average molecular weight is 323 g/mol. The summed E-state index contributed by atoms with van der Waals surface area (Å²) in [6, 6.07) is 7.94. The van der Waals surface area contributed by atoms with Gasteiger partial charge in [0.1, 0.15) is 17.5 Å². The molecule has 0 radical (unpaired) electrons. The minimum atomic E-state index is 0.308. The Kier molecular flexibility index (Phi) is 4.57. The summed E-state index contributed by atoms with van der Waals surface area (Å²) in [7, 11) is 3.21. The Balaban J connectivity index is 2.27. The summed E-state index contributed by atoms with van der Waals surface area (Å²) in [5.41, 5.74) is 10.5. The van der Waals surface area contributed by atoms with Gasteiger partial charge in [0.05, 0.1) is 14.2 Å². The van der Waals surface area contributed by atoms with E-state index < -0.39 is 0 Å². The molecule has 1 aliphatic carbocycles. The van der Waals surface area contributed by atoms with E-state index in [2.05, 4.69) is 11.1 Å². The zero-order chi connectivity index (χ0) is 17.1. The third-order valence-electron chi connectivity index (χ3n) is 4.54. The van der Waals surface area contributed by atoms with Crippen molar-refractivity contribution >= 4 is 5.82 Å². The Morgan fingerprint density at radius 1 is 1.08 bits per heavy atom. The topological polar surface area (TPSA) is 81.2 Å². The molecule has 1 aromatic heterocycles. The van der Waals surface area contributed by atoms with Crippen molar-refractivity contribution < 1.29 is 9.47 Å². The lowest BCUT2D eigenvalue weighted by atomic mass is 9.91. The normalized spacial score (nSPS) is 13.5. The van der Waals surface area contributed by atoms with Gasteiger partial charge in [0.15, 0.2) is 11.5 Å². The Labute approximate surface area is 142 Å². The summed E-state index contributed by atoms with van der Waals surface area (Å²) >= 11 is 0. The molecule has 24 heavy (non-hydrogen) atoms. The van der Waals surface area contributed by atoms with E-state index in [9.17, 15) is 5.26 Å². The monoisotopic (exact) mass is 323 g/mol. The van der Waals surface area contributed by atoms with Crippen molar-refractivity contribution in [1.29, 1.82) is 5.26 Å². The molecule has 0 saturated heterocycles. The SMILES string of the molecule is COc1ccc(-c2c(C#N)c(N)nc3c2CCCCC3)cc1OC. The van der Waals surface area contributed by atoms with Crippen molar-refractivity contribution in [2.45, 2.75) is 32.1 Å². The van der Waals surface area contributed by atoms with Gasteiger partial charge in [-0.05, 0) is 48.9 Å². The number of aryl methyl sites for hydroxylation is 1. The Bertz CT molecular complexity index is 809. The fraction of sp³-hybridized carbons (Fsp3) is 0.368. The molecule has 0 unspecified atom stereocenters. The highest BCUT2D eigenvalue weighted by Crippen LogP contribution is 2.39. The number of hydrogen-bond acceptors (Lipinski definition) is 5. The molecule has 0 spiro atoms. The van der Waals surface area contributed by atoms with Gasteiger partial charge in [-0.1, -0.05) is 12.5 Å². The highest BCUT2D eigenvalue weighted by molar-refractivity contribution is 5.80. The summed E-state index contributed by atoms with van der Waals surface area (Å²) in [5.74, 6) is 1.60. The maximum atomic E-state index is 9.63. The first-order valence-corrected chi connectivity index (χ1v) is 8.13. The molecule has 1 heterocycles. The van der Waals surface area contributed by atoms with E-state index in [1.807, 2.05) is 18.2 Å². The van der Waals surface area contributed by atoms with Crippen LogP contribution in [0.4, 0.5) is 5.82 Å². The second-order valence-electron chi connectivity index (χ2n) is 5.91. The zero-order valence-electron chi connectivity index (χ0n) is 14.1. The van der Waals surface area contributed by atoms with Gasteiger partial charge >= 0.3 is 0 Å². The predicted molar refractivity (Wildman–Crippen MR) is 93.2 cm³/mol. The molecule has 0 amide bonds. The van der Waals surface area contributed by atoms with Crippen molar-refractivity contribution in [3.63, 3.8) is 0 Å². The van der Waals surface area contributed by atoms with Gasteiger partial charge in [0.2, 0.25) is 0 Å². The number of pyridine rings is 1. The van der Waals surface area contributed by atoms with E-state index in [4.69, 9.17) is 15.2 Å². The number of hydrogen-bond donors (Lipinski definition) is 1. The molecule has 1 aromatic carbocycles. The molecule has 5 nitrogen and oxygen atoms in total. The maximum Gasteiger partial charge on any atom is 0.161 e. The summed E-state index contributed by atoms with van der Waals surface area (Å²) in [6.45, 7) is 0. The van der Waals surface area contributed by atoms with E-state index >= 15 is 0 Å². The van der Waals surface area contributed by atoms with Gasteiger partial charge in [-0.15, -0.1) is 0 Å². The average Bonchev–Trinajstić information content (AvgIpc) is 2.85. The smallest absolute Gasteiger partial charge is 0.161 e. The number of fused-ring (bicyclic) bond motifs is 1. The lowest BCUT2D eigenvalue weighted by Crippen LogP contribution is -2.07. The number of rotatable bonds is 3. The molecule has 2 aromatic rings. The van der Waals surface area contributed by atoms with E-state index in [1.165, 1.54) is 6.42 Å². The first kappa shape index (κ1) is 16.1. The van der Waals surface area contributed by atoms with E-state index in [0.717, 1.165) is 48.1 Å². The number of nitrogens with zero attached hydrogens (tertiary/aromatic N) is 2. The van der Waals surface area contributed by atoms with E-state index in [1.54, 1.807) is 14.2 Å². The Morgan fingerprint density at radius 2 is 1.83 bits per heavy atom. The molecule has 1 aliphatic rings. The number of ether oxygens (including phenoxy) is 2. The van der Waals surface area contributed by atoms with Gasteiger partial charge in [0.25, 0.3) is 0 Å². The third kappa shape index (κ3) is 2.76. The number of nitrogens with two attached hydrogens (primary N) is 1. The van der Waals surface area contributed by atoms with Gasteiger partial charge < -0.3 is 15.2 Å². The molecule has 5 heteroatoms. The van der Waals surface area contributed by atoms with Crippen LogP contribution in [0, 0.1) is 11.3 Å². The minimum Gasteiger partial charge on any atom is -0.493 e. The number of aromatic nitrogens is 1. The van der Waals surface area contributed by atoms with Gasteiger partial charge in [-0.3, -0.25) is 0 Å². The van der Waals surface area contributed by atoms with Crippen molar-refractivity contribution in [1.82, 2.24) is 4.98 Å². The number of anilines is 1. The van der Waals surface area contributed by atoms with Crippen molar-refractivity contribution in [2.75, 3.05) is 20.0 Å². The van der Waals surface area contributed by atoms with Crippen molar-refractivity contribution in [3.05, 3.63) is 35.0 Å². The molecule has 0 aliphatic heterocycles. The van der Waals surface area contributed by atoms with Gasteiger partial charge in [-0.2, -0.15) is 5.26 Å². The lowest BCUT2D eigenvalue weighted by molar-refractivity contribution is 0.355. The van der Waals surface area contributed by atoms with Crippen molar-refractivity contribution in [3.8, 4) is 28.7 Å². The highest BCUT2D eigenvalue weighted by Gasteiger charge is 2.22. The molecule has 0 bridgehead atoms. The molecule has 3 rings (SSSR count). The fourth-order valence-corrected chi connectivity index (χ4v) is 3.36. The summed E-state index contributed by atoms with van der Waals surface area (Å²) < 4.78 is 10.7. The van der Waals surface area contributed by atoms with E-state index in [-0.39, 0.29) is 0 Å². The number of benzene rings is 1. The molecule has 0 atom stereocenters. The zero-order valence-corrected chi connectivity index (χ0v) is 14.1. The van der Waals surface area contributed by atoms with Crippen LogP contribution in [0.15, 0.2) is 18.2 Å². The number of nitrogen functional groups attached to an aromatic ring is 1. The molecule has 124 valence electrons. The van der Waals surface area contributed by atoms with Gasteiger partial charge in [0, 0.05) is 11.3 Å². The van der Waals surface area contributed by atoms with Crippen LogP contribution in [0.3, 0.4) is 0 Å². The Hall–Kier alpha value is -2.74. The molecule has 2 N–H and O–H groups in total. The van der Waals surface area contributed by atoms with Crippen LogP contribution in [0.25, 0.3) is 11.1 Å². The van der Waals surface area contributed by atoms with Crippen LogP contribution in [-0.2, 0) is 12.8 Å². The quantitative estimate of drug-likeness (QED) is 0.874. The lowest BCUT2D eigenvalue weighted by Gasteiger charge is -2.17.